The predicted octanol–water partition coefficient (Wildman–Crippen LogP) is -0.272. The lowest BCUT2D eigenvalue weighted by atomic mass is 10.3. The lowest BCUT2D eigenvalue weighted by Crippen LogP contribution is -2.40. The highest BCUT2D eigenvalue weighted by Crippen LogP contribution is 1.86. The van der Waals surface area contributed by atoms with Crippen LogP contribution in [0.3, 0.4) is 0 Å². The Bertz CT molecular complexity index is 214. The van der Waals surface area contributed by atoms with Gasteiger partial charge in [0, 0.05) is 12.7 Å². The minimum atomic E-state index is -1.83. The fourth-order valence-corrected chi connectivity index (χ4v) is 0.678. The molecule has 0 saturated heterocycles. The number of carbonyl (C=O) groups excluding carboxylic acids is 1. The van der Waals surface area contributed by atoms with Gasteiger partial charge in [0.15, 0.2) is 0 Å². The zero-order valence-corrected chi connectivity index (χ0v) is 8.19. The van der Waals surface area contributed by atoms with E-state index in [0.29, 0.717) is 0 Å². The van der Waals surface area contributed by atoms with Crippen LogP contribution in [0.25, 0.3) is 0 Å². The van der Waals surface area contributed by atoms with Crippen LogP contribution in [0.2, 0.25) is 0 Å². The van der Waals surface area contributed by atoms with Crippen LogP contribution in [0.1, 0.15) is 6.92 Å². The highest BCUT2D eigenvalue weighted by atomic mass is 32.1. The normalized spacial score (nSPS) is 10.4. The Balaban J connectivity index is 0. The summed E-state index contributed by atoms with van der Waals surface area (Å²) in [6.07, 6.45) is -1.83. The van der Waals surface area contributed by atoms with Crippen LogP contribution in [0.4, 0.5) is 4.79 Å². The fraction of sp³-hybridized carbons (Fsp3) is 0.500. The third-order valence-corrected chi connectivity index (χ3v) is 1.22. The van der Waals surface area contributed by atoms with E-state index < -0.39 is 18.2 Å². The number of carboxylic acid groups (broad SMARTS) is 3. The molecule has 1 atom stereocenters. The number of nitrogens with one attached hydrogen (secondary N) is 1. The van der Waals surface area contributed by atoms with Crippen molar-refractivity contribution < 1.29 is 29.7 Å². The SMILES string of the molecule is CC(=O)N[C@@H](CS)C(=O)O.O=C(O)O. The largest absolute Gasteiger partial charge is 0.503 e. The molecule has 0 rings (SSSR count). The molecule has 0 aromatic carbocycles. The molecule has 0 unspecified atom stereocenters. The monoisotopic (exact) mass is 225 g/mol. The first-order valence-electron chi connectivity index (χ1n) is 3.34. The molecule has 1 amide bonds. The van der Waals surface area contributed by atoms with E-state index in [0.717, 1.165) is 0 Å². The van der Waals surface area contributed by atoms with E-state index in [9.17, 15) is 9.59 Å². The quantitative estimate of drug-likeness (QED) is 0.421. The molecule has 7 nitrogen and oxygen atoms in total. The van der Waals surface area contributed by atoms with E-state index in [4.69, 9.17) is 20.1 Å². The first-order chi connectivity index (χ1) is 6.31. The van der Waals surface area contributed by atoms with E-state index in [2.05, 4.69) is 17.9 Å². The van der Waals surface area contributed by atoms with E-state index >= 15 is 0 Å². The van der Waals surface area contributed by atoms with Gasteiger partial charge in [0.25, 0.3) is 0 Å². The van der Waals surface area contributed by atoms with Gasteiger partial charge in [0.05, 0.1) is 0 Å². The number of carboxylic acids is 1. The van der Waals surface area contributed by atoms with Crippen LogP contribution in [-0.2, 0) is 9.59 Å². The van der Waals surface area contributed by atoms with E-state index in [1.165, 1.54) is 6.92 Å². The Morgan fingerprint density at radius 1 is 1.29 bits per heavy atom. The average Bonchev–Trinajstić information content (AvgIpc) is 1.98. The van der Waals surface area contributed by atoms with Crippen molar-refractivity contribution in [3.8, 4) is 0 Å². The second-order valence-electron chi connectivity index (χ2n) is 2.06. The molecule has 0 aliphatic carbocycles. The lowest BCUT2D eigenvalue weighted by molar-refractivity contribution is -0.140. The maximum Gasteiger partial charge on any atom is 0.503 e. The molecule has 4 N–H and O–H groups in total. The van der Waals surface area contributed by atoms with E-state index in [1.807, 2.05) is 0 Å². The van der Waals surface area contributed by atoms with Crippen molar-refractivity contribution in [2.45, 2.75) is 13.0 Å². The summed E-state index contributed by atoms with van der Waals surface area (Å²) in [5.41, 5.74) is 0. The van der Waals surface area contributed by atoms with Gasteiger partial charge in [-0.3, -0.25) is 4.79 Å². The molecule has 0 bridgehead atoms. The van der Waals surface area contributed by atoms with Gasteiger partial charge < -0.3 is 20.6 Å². The lowest BCUT2D eigenvalue weighted by Gasteiger charge is -2.08. The minimum Gasteiger partial charge on any atom is -0.480 e. The number of hydrogen-bond donors (Lipinski definition) is 5. The number of rotatable bonds is 3. The van der Waals surface area contributed by atoms with Gasteiger partial charge in [-0.1, -0.05) is 0 Å². The van der Waals surface area contributed by atoms with Crippen LogP contribution >= 0.6 is 12.6 Å². The Morgan fingerprint density at radius 2 is 1.64 bits per heavy atom. The fourth-order valence-electron chi connectivity index (χ4n) is 0.431. The van der Waals surface area contributed by atoms with Crippen LogP contribution in [0, 0.1) is 0 Å². The van der Waals surface area contributed by atoms with Crippen LogP contribution in [0.15, 0.2) is 0 Å². The van der Waals surface area contributed by atoms with Gasteiger partial charge in [-0.15, -0.1) is 0 Å². The summed E-state index contributed by atoms with van der Waals surface area (Å²) in [4.78, 5) is 29.1. The Morgan fingerprint density at radius 3 is 1.71 bits per heavy atom. The Kier molecular flexibility index (Phi) is 8.79. The number of hydrogen-bond acceptors (Lipinski definition) is 4. The number of amides is 1. The molecular formula is C6H11NO6S. The van der Waals surface area contributed by atoms with Gasteiger partial charge in [0.2, 0.25) is 5.91 Å². The van der Waals surface area contributed by atoms with E-state index in [-0.39, 0.29) is 11.7 Å². The summed E-state index contributed by atoms with van der Waals surface area (Å²) in [6, 6.07) is -0.874. The molecule has 0 saturated carbocycles. The third kappa shape index (κ3) is 13.2. The van der Waals surface area contributed by atoms with Gasteiger partial charge in [0.1, 0.15) is 6.04 Å². The molecule has 0 heterocycles. The Hall–Kier alpha value is -1.44. The first-order valence-corrected chi connectivity index (χ1v) is 3.97. The smallest absolute Gasteiger partial charge is 0.480 e. The molecule has 0 aliphatic rings. The third-order valence-electron chi connectivity index (χ3n) is 0.858. The number of aliphatic carboxylic acids is 1. The number of thiol groups is 1. The Labute approximate surface area is 85.1 Å². The van der Waals surface area contributed by atoms with Gasteiger partial charge in [-0.25, -0.2) is 9.59 Å². The average molecular weight is 225 g/mol. The van der Waals surface area contributed by atoms with Crippen molar-refractivity contribution in [2.75, 3.05) is 5.75 Å². The summed E-state index contributed by atoms with van der Waals surface area (Å²) in [7, 11) is 0. The summed E-state index contributed by atoms with van der Waals surface area (Å²) >= 11 is 3.73. The molecule has 0 aromatic rings. The molecular weight excluding hydrogens is 214 g/mol. The summed E-state index contributed by atoms with van der Waals surface area (Å²) in [5.74, 6) is -1.32. The standard InChI is InChI=1S/C5H9NO3S.CH2O3/c1-3(7)6-4(2-10)5(8)9;2-1(3)4/h4,10H,2H2,1H3,(H,6,7)(H,8,9);(H2,2,3,4)/t4-;/m0./s1. The molecule has 0 fully saturated rings. The summed E-state index contributed by atoms with van der Waals surface area (Å²) < 4.78 is 0. The van der Waals surface area contributed by atoms with Crippen LogP contribution < -0.4 is 5.32 Å². The van der Waals surface area contributed by atoms with E-state index in [1.54, 1.807) is 0 Å². The second kappa shape index (κ2) is 8.17. The molecule has 8 heteroatoms. The molecule has 82 valence electrons. The minimum absolute atomic E-state index is 0.106. The molecule has 14 heavy (non-hydrogen) atoms. The molecule has 0 aromatic heterocycles. The number of carbonyl (C=O) groups is 3. The van der Waals surface area contributed by atoms with Gasteiger partial charge >= 0.3 is 12.1 Å². The maximum atomic E-state index is 10.3. The van der Waals surface area contributed by atoms with Gasteiger partial charge in [-0.2, -0.15) is 12.6 Å². The predicted molar refractivity (Wildman–Crippen MR) is 49.7 cm³/mol. The van der Waals surface area contributed by atoms with Crippen molar-refractivity contribution >= 4 is 30.7 Å². The van der Waals surface area contributed by atoms with Crippen LogP contribution in [-0.4, -0.2) is 45.1 Å². The summed E-state index contributed by atoms with van der Waals surface area (Å²) in [5, 5.41) is 24.5. The highest BCUT2D eigenvalue weighted by molar-refractivity contribution is 7.80. The van der Waals surface area contributed by atoms with Gasteiger partial charge in [-0.05, 0) is 0 Å². The van der Waals surface area contributed by atoms with Crippen molar-refractivity contribution in [1.29, 1.82) is 0 Å². The zero-order chi connectivity index (χ0) is 11.7. The van der Waals surface area contributed by atoms with Crippen molar-refractivity contribution in [3.05, 3.63) is 0 Å². The van der Waals surface area contributed by atoms with Crippen LogP contribution in [0.5, 0.6) is 0 Å². The second-order valence-corrected chi connectivity index (χ2v) is 2.42. The van der Waals surface area contributed by atoms with Crippen molar-refractivity contribution in [2.24, 2.45) is 0 Å². The topological polar surface area (TPSA) is 124 Å². The highest BCUT2D eigenvalue weighted by Gasteiger charge is 2.15. The zero-order valence-electron chi connectivity index (χ0n) is 7.30. The molecule has 0 aliphatic heterocycles. The molecule has 0 radical (unpaired) electrons. The van der Waals surface area contributed by atoms with Crippen molar-refractivity contribution in [3.63, 3.8) is 0 Å². The molecule has 0 spiro atoms. The van der Waals surface area contributed by atoms with Crippen molar-refractivity contribution in [1.82, 2.24) is 5.32 Å². The summed E-state index contributed by atoms with van der Waals surface area (Å²) in [6.45, 7) is 1.26. The maximum absolute atomic E-state index is 10.3. The first kappa shape index (κ1) is 15.1.